The Bertz CT molecular complexity index is 444. The second-order valence-electron chi connectivity index (χ2n) is 7.84. The molecule has 0 saturated carbocycles. The standard InChI is InChI=1S/C21H41N5.HI/c1-4-22-21(23-12-11-20-9-7-6-8-10-20)24-17-19(3)18-26-15-13-25(5-2)14-16-26;/h9,19H,4-8,10-18H2,1-3H3,(H2,22,23,24);1H. The molecule has 2 rings (SSSR count). The van der Waals surface area contributed by atoms with E-state index in [1.54, 1.807) is 5.57 Å². The summed E-state index contributed by atoms with van der Waals surface area (Å²) in [7, 11) is 0. The lowest BCUT2D eigenvalue weighted by Gasteiger charge is -2.35. The first-order chi connectivity index (χ1) is 12.7. The van der Waals surface area contributed by atoms with E-state index in [2.05, 4.69) is 47.3 Å². The third-order valence-corrected chi connectivity index (χ3v) is 5.51. The van der Waals surface area contributed by atoms with Crippen LogP contribution in [0.1, 0.15) is 52.9 Å². The molecule has 2 aliphatic rings. The molecule has 158 valence electrons. The van der Waals surface area contributed by atoms with Gasteiger partial charge in [-0.1, -0.05) is 25.5 Å². The summed E-state index contributed by atoms with van der Waals surface area (Å²) >= 11 is 0. The van der Waals surface area contributed by atoms with E-state index in [9.17, 15) is 0 Å². The molecule has 1 heterocycles. The number of likely N-dealkylation sites (N-methyl/N-ethyl adjacent to an activating group) is 1. The Morgan fingerprint density at radius 3 is 2.48 bits per heavy atom. The first-order valence-corrected chi connectivity index (χ1v) is 10.9. The van der Waals surface area contributed by atoms with E-state index in [1.165, 1.54) is 58.4 Å². The molecular weight excluding hydrogens is 449 g/mol. The number of piperazine rings is 1. The molecule has 0 amide bonds. The number of hydrogen-bond acceptors (Lipinski definition) is 3. The van der Waals surface area contributed by atoms with Crippen LogP contribution < -0.4 is 10.6 Å². The van der Waals surface area contributed by atoms with E-state index in [1.807, 2.05) is 0 Å². The molecule has 5 nitrogen and oxygen atoms in total. The molecule has 1 fully saturated rings. The van der Waals surface area contributed by atoms with Crippen molar-refractivity contribution in [1.29, 1.82) is 0 Å². The van der Waals surface area contributed by atoms with Crippen LogP contribution in [0.2, 0.25) is 0 Å². The minimum absolute atomic E-state index is 0. The van der Waals surface area contributed by atoms with Gasteiger partial charge in [0.25, 0.3) is 0 Å². The van der Waals surface area contributed by atoms with Gasteiger partial charge in [0, 0.05) is 52.4 Å². The van der Waals surface area contributed by atoms with Gasteiger partial charge < -0.3 is 20.4 Å². The number of nitrogens with zero attached hydrogens (tertiary/aromatic N) is 3. The Morgan fingerprint density at radius 1 is 1.11 bits per heavy atom. The molecule has 0 aromatic rings. The van der Waals surface area contributed by atoms with Crippen molar-refractivity contribution in [2.45, 2.75) is 52.9 Å². The van der Waals surface area contributed by atoms with Crippen LogP contribution in [0.25, 0.3) is 0 Å². The van der Waals surface area contributed by atoms with Gasteiger partial charge in [0.2, 0.25) is 0 Å². The van der Waals surface area contributed by atoms with Crippen molar-refractivity contribution in [3.63, 3.8) is 0 Å². The lowest BCUT2D eigenvalue weighted by molar-refractivity contribution is 0.125. The Hall–Kier alpha value is -0.340. The maximum absolute atomic E-state index is 4.83. The zero-order chi connectivity index (χ0) is 18.6. The quantitative estimate of drug-likeness (QED) is 0.225. The summed E-state index contributed by atoms with van der Waals surface area (Å²) in [4.78, 5) is 9.97. The minimum atomic E-state index is 0. The van der Waals surface area contributed by atoms with Crippen LogP contribution in [-0.4, -0.2) is 74.7 Å². The Kier molecular flexibility index (Phi) is 13.4. The average molecular weight is 492 g/mol. The lowest BCUT2D eigenvalue weighted by Crippen LogP contribution is -2.47. The van der Waals surface area contributed by atoms with E-state index in [0.29, 0.717) is 5.92 Å². The van der Waals surface area contributed by atoms with Gasteiger partial charge in [0.15, 0.2) is 5.96 Å². The second-order valence-corrected chi connectivity index (χ2v) is 7.84. The van der Waals surface area contributed by atoms with E-state index >= 15 is 0 Å². The fourth-order valence-electron chi connectivity index (χ4n) is 3.85. The van der Waals surface area contributed by atoms with Crippen molar-refractivity contribution in [2.75, 3.05) is 58.9 Å². The lowest BCUT2D eigenvalue weighted by atomic mass is 9.97. The SMILES string of the molecule is CCNC(=NCC(C)CN1CCN(CC)CC1)NCCC1=CCCCC1.I. The van der Waals surface area contributed by atoms with Crippen LogP contribution in [0.5, 0.6) is 0 Å². The summed E-state index contributed by atoms with van der Waals surface area (Å²) in [6, 6.07) is 0. The molecule has 1 aliphatic heterocycles. The molecule has 0 aromatic carbocycles. The summed E-state index contributed by atoms with van der Waals surface area (Å²) in [6.45, 7) is 16.7. The van der Waals surface area contributed by atoms with Gasteiger partial charge in [0.05, 0.1) is 0 Å². The van der Waals surface area contributed by atoms with Crippen molar-refractivity contribution in [2.24, 2.45) is 10.9 Å². The fourth-order valence-corrected chi connectivity index (χ4v) is 3.85. The molecule has 2 N–H and O–H groups in total. The molecule has 0 radical (unpaired) electrons. The third kappa shape index (κ3) is 10.1. The van der Waals surface area contributed by atoms with Crippen LogP contribution in [0, 0.1) is 5.92 Å². The monoisotopic (exact) mass is 491 g/mol. The van der Waals surface area contributed by atoms with E-state index < -0.39 is 0 Å². The van der Waals surface area contributed by atoms with Crippen molar-refractivity contribution >= 4 is 29.9 Å². The second kappa shape index (κ2) is 14.6. The van der Waals surface area contributed by atoms with Crippen LogP contribution in [-0.2, 0) is 0 Å². The molecule has 1 unspecified atom stereocenters. The Labute approximate surface area is 184 Å². The highest BCUT2D eigenvalue weighted by molar-refractivity contribution is 14.0. The van der Waals surface area contributed by atoms with Crippen molar-refractivity contribution in [3.8, 4) is 0 Å². The fraction of sp³-hybridized carbons (Fsp3) is 0.857. The highest BCUT2D eigenvalue weighted by Crippen LogP contribution is 2.19. The van der Waals surface area contributed by atoms with Gasteiger partial charge in [-0.15, -0.1) is 24.0 Å². The summed E-state index contributed by atoms with van der Waals surface area (Å²) in [5, 5.41) is 6.91. The number of allylic oxidation sites excluding steroid dienone is 1. The normalized spacial score (nSPS) is 20.6. The molecule has 1 atom stereocenters. The Morgan fingerprint density at radius 2 is 1.85 bits per heavy atom. The van der Waals surface area contributed by atoms with Crippen molar-refractivity contribution in [1.82, 2.24) is 20.4 Å². The summed E-state index contributed by atoms with van der Waals surface area (Å²) in [5.74, 6) is 1.58. The number of guanidine groups is 1. The topological polar surface area (TPSA) is 42.9 Å². The zero-order valence-electron chi connectivity index (χ0n) is 17.8. The predicted molar refractivity (Wildman–Crippen MR) is 128 cm³/mol. The highest BCUT2D eigenvalue weighted by atomic mass is 127. The smallest absolute Gasteiger partial charge is 0.191 e. The minimum Gasteiger partial charge on any atom is -0.357 e. The van der Waals surface area contributed by atoms with E-state index in [4.69, 9.17) is 4.99 Å². The maximum atomic E-state index is 4.83. The first-order valence-electron chi connectivity index (χ1n) is 10.9. The molecule has 0 aromatic heterocycles. The van der Waals surface area contributed by atoms with Gasteiger partial charge in [-0.2, -0.15) is 0 Å². The van der Waals surface area contributed by atoms with Gasteiger partial charge in [-0.05, 0) is 51.5 Å². The van der Waals surface area contributed by atoms with E-state index in [0.717, 1.165) is 38.6 Å². The van der Waals surface area contributed by atoms with Crippen LogP contribution >= 0.6 is 24.0 Å². The molecule has 6 heteroatoms. The number of aliphatic imine (C=N–C) groups is 1. The molecule has 27 heavy (non-hydrogen) atoms. The first kappa shape index (κ1) is 24.7. The van der Waals surface area contributed by atoms with Crippen molar-refractivity contribution in [3.05, 3.63) is 11.6 Å². The highest BCUT2D eigenvalue weighted by Gasteiger charge is 2.17. The number of halogens is 1. The van der Waals surface area contributed by atoms with Crippen LogP contribution in [0.4, 0.5) is 0 Å². The molecule has 1 saturated heterocycles. The van der Waals surface area contributed by atoms with Crippen LogP contribution in [0.15, 0.2) is 16.6 Å². The van der Waals surface area contributed by atoms with E-state index in [-0.39, 0.29) is 24.0 Å². The van der Waals surface area contributed by atoms with Gasteiger partial charge in [0.1, 0.15) is 0 Å². The summed E-state index contributed by atoms with van der Waals surface area (Å²) in [6.07, 6.45) is 8.89. The van der Waals surface area contributed by atoms with Gasteiger partial charge in [-0.25, -0.2) is 0 Å². The zero-order valence-corrected chi connectivity index (χ0v) is 20.1. The predicted octanol–water partition coefficient (Wildman–Crippen LogP) is 3.32. The maximum Gasteiger partial charge on any atom is 0.191 e. The number of nitrogens with one attached hydrogen (secondary N) is 2. The molecule has 1 aliphatic carbocycles. The summed E-state index contributed by atoms with van der Waals surface area (Å²) < 4.78 is 0. The molecule has 0 bridgehead atoms. The third-order valence-electron chi connectivity index (χ3n) is 5.51. The largest absolute Gasteiger partial charge is 0.357 e. The summed E-state index contributed by atoms with van der Waals surface area (Å²) in [5.41, 5.74) is 1.62. The number of rotatable bonds is 9. The van der Waals surface area contributed by atoms with Crippen molar-refractivity contribution < 1.29 is 0 Å². The Balaban J connectivity index is 0.00000364. The molecule has 0 spiro atoms. The number of hydrogen-bond donors (Lipinski definition) is 2. The average Bonchev–Trinajstić information content (AvgIpc) is 2.67. The molecular formula is C21H42IN5. The van der Waals surface area contributed by atoms with Gasteiger partial charge in [-0.3, -0.25) is 4.99 Å². The van der Waals surface area contributed by atoms with Gasteiger partial charge >= 0.3 is 0 Å². The van der Waals surface area contributed by atoms with Crippen LogP contribution in [0.3, 0.4) is 0 Å².